The van der Waals surface area contributed by atoms with Gasteiger partial charge in [-0.25, -0.2) is 17.9 Å². The normalized spacial score (nSPS) is 11.2. The Morgan fingerprint density at radius 2 is 2.23 bits per heavy atom. The molecule has 0 radical (unpaired) electrons. The fourth-order valence-electron chi connectivity index (χ4n) is 0.633. The second-order valence-corrected chi connectivity index (χ2v) is 5.61. The highest BCUT2D eigenvalue weighted by molar-refractivity contribution is 9.10. The Kier molecular flexibility index (Phi) is 2.94. The quantitative estimate of drug-likeness (QED) is 0.862. The maximum atomic E-state index is 11.2. The molecule has 0 aliphatic rings. The number of hydrogen-bond acceptors (Lipinski definition) is 4. The minimum Gasteiger partial charge on any atom is -0.464 e. The number of thiophene rings is 1. The molecule has 13 heavy (non-hydrogen) atoms. The zero-order chi connectivity index (χ0) is 10.1. The number of sulfonamides is 1. The molecule has 0 aromatic carbocycles. The van der Waals surface area contributed by atoms with Gasteiger partial charge in [0.05, 0.1) is 0 Å². The first kappa shape index (κ1) is 10.5. The van der Waals surface area contributed by atoms with Crippen LogP contribution in [0, 0.1) is 0 Å². The van der Waals surface area contributed by atoms with E-state index in [2.05, 4.69) is 15.9 Å². The zero-order valence-corrected chi connectivity index (χ0v) is 9.24. The van der Waals surface area contributed by atoms with Crippen molar-refractivity contribution in [3.05, 3.63) is 15.9 Å². The molecular formula is C5H4BrNO4S2. The van der Waals surface area contributed by atoms with Gasteiger partial charge in [0.25, 0.3) is 10.0 Å². The van der Waals surface area contributed by atoms with Crippen molar-refractivity contribution in [2.45, 2.75) is 4.21 Å². The summed E-state index contributed by atoms with van der Waals surface area (Å²) < 4.78 is 24.2. The fraction of sp³-hybridized carbons (Fsp3) is 0. The summed E-state index contributed by atoms with van der Waals surface area (Å²) in [6, 6.07) is 1.53. The maximum absolute atomic E-state index is 11.2. The van der Waals surface area contributed by atoms with Crippen LogP contribution in [-0.4, -0.2) is 19.6 Å². The van der Waals surface area contributed by atoms with Crippen LogP contribution in [0.25, 0.3) is 0 Å². The summed E-state index contributed by atoms with van der Waals surface area (Å²) in [6.07, 6.45) is -1.60. The molecule has 0 aliphatic heterocycles. The lowest BCUT2D eigenvalue weighted by atomic mass is 10.7. The number of nitrogens with one attached hydrogen (secondary N) is 1. The smallest absolute Gasteiger partial charge is 0.418 e. The van der Waals surface area contributed by atoms with Crippen LogP contribution in [0.4, 0.5) is 4.79 Å². The molecule has 0 bridgehead atoms. The Balaban J connectivity index is 3.09. The lowest BCUT2D eigenvalue weighted by molar-refractivity contribution is 0.201. The van der Waals surface area contributed by atoms with E-state index >= 15 is 0 Å². The number of halogens is 1. The van der Waals surface area contributed by atoms with E-state index in [-0.39, 0.29) is 4.21 Å². The van der Waals surface area contributed by atoms with E-state index in [9.17, 15) is 13.2 Å². The predicted molar refractivity (Wildman–Crippen MR) is 50.4 cm³/mol. The van der Waals surface area contributed by atoms with Gasteiger partial charge in [0, 0.05) is 4.47 Å². The first-order valence-corrected chi connectivity index (χ1v) is 6.08. The van der Waals surface area contributed by atoms with Gasteiger partial charge in [-0.3, -0.25) is 0 Å². The van der Waals surface area contributed by atoms with E-state index in [0.717, 1.165) is 11.3 Å². The van der Waals surface area contributed by atoms with Crippen LogP contribution in [-0.2, 0) is 10.0 Å². The van der Waals surface area contributed by atoms with Crippen LogP contribution < -0.4 is 4.72 Å². The molecule has 0 saturated carbocycles. The van der Waals surface area contributed by atoms with Crippen molar-refractivity contribution >= 4 is 43.4 Å². The van der Waals surface area contributed by atoms with Crippen LogP contribution in [0.15, 0.2) is 20.1 Å². The summed E-state index contributed by atoms with van der Waals surface area (Å²) in [5.41, 5.74) is 0. The molecule has 2 N–H and O–H groups in total. The van der Waals surface area contributed by atoms with Crippen molar-refractivity contribution in [3.8, 4) is 0 Å². The first-order chi connectivity index (χ1) is 5.93. The molecule has 0 spiro atoms. The molecule has 5 nitrogen and oxygen atoms in total. The second kappa shape index (κ2) is 3.64. The molecule has 1 rings (SSSR count). The Morgan fingerprint density at radius 3 is 2.62 bits per heavy atom. The van der Waals surface area contributed by atoms with E-state index in [0.29, 0.717) is 4.47 Å². The molecule has 0 fully saturated rings. The zero-order valence-electron chi connectivity index (χ0n) is 6.02. The third-order valence-corrected chi connectivity index (χ3v) is 5.04. The Hall–Kier alpha value is -0.600. The van der Waals surface area contributed by atoms with Gasteiger partial charge in [0.1, 0.15) is 0 Å². The van der Waals surface area contributed by atoms with Crippen molar-refractivity contribution in [2.75, 3.05) is 0 Å². The van der Waals surface area contributed by atoms with E-state index in [4.69, 9.17) is 5.11 Å². The minimum atomic E-state index is -3.92. The third-order valence-electron chi connectivity index (χ3n) is 1.05. The summed E-state index contributed by atoms with van der Waals surface area (Å²) in [4.78, 5) is 10.1. The van der Waals surface area contributed by atoms with Gasteiger partial charge < -0.3 is 5.11 Å². The number of hydrogen-bond donors (Lipinski definition) is 2. The average molecular weight is 286 g/mol. The lowest BCUT2D eigenvalue weighted by Crippen LogP contribution is -2.28. The first-order valence-electron chi connectivity index (χ1n) is 2.92. The second-order valence-electron chi connectivity index (χ2n) is 1.97. The standard InChI is InChI=1S/C5H4BrNO4S2/c6-3-1-2-12-4(3)13(10,11)7-5(8)9/h1-2,7H,(H,8,9). The summed E-state index contributed by atoms with van der Waals surface area (Å²) in [7, 11) is -3.92. The van der Waals surface area contributed by atoms with Crippen LogP contribution in [0.3, 0.4) is 0 Å². The molecule has 8 heteroatoms. The van der Waals surface area contributed by atoms with Gasteiger partial charge in [-0.05, 0) is 27.4 Å². The number of carbonyl (C=O) groups is 1. The van der Waals surface area contributed by atoms with E-state index < -0.39 is 16.1 Å². The largest absolute Gasteiger partial charge is 0.464 e. The maximum Gasteiger partial charge on any atom is 0.418 e. The van der Waals surface area contributed by atoms with E-state index in [1.807, 2.05) is 0 Å². The predicted octanol–water partition coefficient (Wildman–Crippen LogP) is 1.47. The number of carboxylic acid groups (broad SMARTS) is 1. The molecular weight excluding hydrogens is 282 g/mol. The Labute approximate surface area is 86.6 Å². The third kappa shape index (κ3) is 2.42. The SMILES string of the molecule is O=C(O)NS(=O)(=O)c1sccc1Br. The summed E-state index contributed by atoms with van der Waals surface area (Å²) in [5.74, 6) is 0. The molecule has 0 aliphatic carbocycles. The van der Waals surface area contributed by atoms with Gasteiger partial charge in [0.2, 0.25) is 0 Å². The molecule has 0 unspecified atom stereocenters. The van der Waals surface area contributed by atoms with Crippen LogP contribution in [0.2, 0.25) is 0 Å². The summed E-state index contributed by atoms with van der Waals surface area (Å²) in [6.45, 7) is 0. The molecule has 0 saturated heterocycles. The van der Waals surface area contributed by atoms with E-state index in [1.54, 1.807) is 5.38 Å². The van der Waals surface area contributed by atoms with Crippen LogP contribution in [0.5, 0.6) is 0 Å². The van der Waals surface area contributed by atoms with Crippen LogP contribution in [0.1, 0.15) is 0 Å². The fourth-order valence-corrected chi connectivity index (χ4v) is 3.81. The van der Waals surface area contributed by atoms with Gasteiger partial charge in [-0.2, -0.15) is 0 Å². The van der Waals surface area contributed by atoms with Gasteiger partial charge in [-0.15, -0.1) is 11.3 Å². The molecule has 1 aromatic heterocycles. The monoisotopic (exact) mass is 285 g/mol. The van der Waals surface area contributed by atoms with Crippen LogP contribution >= 0.6 is 27.3 Å². The van der Waals surface area contributed by atoms with Gasteiger partial charge in [0.15, 0.2) is 4.21 Å². The Morgan fingerprint density at radius 1 is 1.62 bits per heavy atom. The Bertz CT molecular complexity index is 423. The summed E-state index contributed by atoms with van der Waals surface area (Å²) >= 11 is 3.93. The highest BCUT2D eigenvalue weighted by Gasteiger charge is 2.21. The van der Waals surface area contributed by atoms with Crippen molar-refractivity contribution in [3.63, 3.8) is 0 Å². The van der Waals surface area contributed by atoms with Gasteiger partial charge in [-0.1, -0.05) is 0 Å². The molecule has 1 amide bonds. The lowest BCUT2D eigenvalue weighted by Gasteiger charge is -2.00. The highest BCUT2D eigenvalue weighted by atomic mass is 79.9. The van der Waals surface area contributed by atoms with Crippen molar-refractivity contribution in [2.24, 2.45) is 0 Å². The highest BCUT2D eigenvalue weighted by Crippen LogP contribution is 2.27. The molecule has 72 valence electrons. The topological polar surface area (TPSA) is 83.5 Å². The number of amides is 1. The van der Waals surface area contributed by atoms with E-state index in [1.165, 1.54) is 10.8 Å². The van der Waals surface area contributed by atoms with Crippen molar-refractivity contribution in [1.82, 2.24) is 4.72 Å². The summed E-state index contributed by atoms with van der Waals surface area (Å²) in [5, 5.41) is 9.78. The van der Waals surface area contributed by atoms with Gasteiger partial charge >= 0.3 is 6.09 Å². The van der Waals surface area contributed by atoms with Crippen molar-refractivity contribution in [1.29, 1.82) is 0 Å². The minimum absolute atomic E-state index is 0.0464. The average Bonchev–Trinajstić information content (AvgIpc) is 2.32. The number of rotatable bonds is 2. The molecule has 1 aromatic rings. The molecule has 0 atom stereocenters. The van der Waals surface area contributed by atoms with Crippen molar-refractivity contribution < 1.29 is 18.3 Å². The molecule has 1 heterocycles.